The van der Waals surface area contributed by atoms with Crippen molar-refractivity contribution in [3.63, 3.8) is 0 Å². The normalized spacial score (nSPS) is 11.3. The van der Waals surface area contributed by atoms with Crippen LogP contribution in [-0.2, 0) is 0 Å². The highest BCUT2D eigenvalue weighted by Crippen LogP contribution is 2.26. The van der Waals surface area contributed by atoms with E-state index >= 15 is 0 Å². The van der Waals surface area contributed by atoms with Crippen LogP contribution in [0.5, 0.6) is 5.75 Å². The van der Waals surface area contributed by atoms with E-state index in [1.165, 1.54) is 6.08 Å². The molecule has 0 aliphatic rings. The van der Waals surface area contributed by atoms with Crippen molar-refractivity contribution in [2.24, 2.45) is 0 Å². The van der Waals surface area contributed by atoms with Gasteiger partial charge in [0.15, 0.2) is 10.9 Å². The molecule has 2 aromatic heterocycles. The average molecular weight is 392 g/mol. The number of pyridine rings is 1. The number of allylic oxidation sites excluding steroid dienone is 1. The summed E-state index contributed by atoms with van der Waals surface area (Å²) >= 11 is 9.52. The van der Waals surface area contributed by atoms with Gasteiger partial charge in [0, 0.05) is 11.8 Å². The molecule has 3 rings (SSSR count). The van der Waals surface area contributed by atoms with E-state index in [0.29, 0.717) is 22.2 Å². The van der Waals surface area contributed by atoms with E-state index in [1.807, 2.05) is 28.8 Å². The number of aromatic nitrogens is 2. The van der Waals surface area contributed by atoms with Gasteiger partial charge in [-0.1, -0.05) is 17.7 Å². The van der Waals surface area contributed by atoms with Crippen molar-refractivity contribution in [1.82, 2.24) is 9.38 Å². The monoisotopic (exact) mass is 390 g/mol. The SMILES string of the molecule is COc1ccc(C(=O)/C=C/c2c(Cl)nc3ccccn23)cc1Br. The Morgan fingerprint density at radius 2 is 2.17 bits per heavy atom. The summed E-state index contributed by atoms with van der Waals surface area (Å²) in [6.45, 7) is 0. The summed E-state index contributed by atoms with van der Waals surface area (Å²) in [6.07, 6.45) is 5.00. The maximum atomic E-state index is 12.3. The van der Waals surface area contributed by atoms with Gasteiger partial charge in [-0.25, -0.2) is 4.98 Å². The first-order chi connectivity index (χ1) is 11.1. The molecule has 0 unspecified atom stereocenters. The van der Waals surface area contributed by atoms with Gasteiger partial charge < -0.3 is 4.74 Å². The van der Waals surface area contributed by atoms with Crippen molar-refractivity contribution in [3.05, 3.63) is 69.6 Å². The van der Waals surface area contributed by atoms with E-state index in [-0.39, 0.29) is 5.78 Å². The van der Waals surface area contributed by atoms with Gasteiger partial charge in [0.2, 0.25) is 0 Å². The lowest BCUT2D eigenvalue weighted by Gasteiger charge is -2.04. The number of imidazole rings is 1. The van der Waals surface area contributed by atoms with Crippen LogP contribution in [0.3, 0.4) is 0 Å². The molecule has 0 amide bonds. The molecule has 2 heterocycles. The van der Waals surface area contributed by atoms with Crippen LogP contribution in [0.2, 0.25) is 5.15 Å². The number of ketones is 1. The molecule has 116 valence electrons. The summed E-state index contributed by atoms with van der Waals surface area (Å²) in [4.78, 5) is 16.6. The van der Waals surface area contributed by atoms with Gasteiger partial charge in [0.1, 0.15) is 11.4 Å². The topological polar surface area (TPSA) is 43.6 Å². The number of ether oxygens (including phenoxy) is 1. The smallest absolute Gasteiger partial charge is 0.185 e. The Morgan fingerprint density at radius 1 is 1.35 bits per heavy atom. The first-order valence-corrected chi connectivity index (χ1v) is 7.96. The minimum atomic E-state index is -0.129. The maximum Gasteiger partial charge on any atom is 0.185 e. The number of fused-ring (bicyclic) bond motifs is 1. The van der Waals surface area contributed by atoms with Crippen LogP contribution in [0.1, 0.15) is 16.1 Å². The lowest BCUT2D eigenvalue weighted by atomic mass is 10.1. The highest BCUT2D eigenvalue weighted by Gasteiger charge is 2.09. The van der Waals surface area contributed by atoms with Gasteiger partial charge >= 0.3 is 0 Å². The van der Waals surface area contributed by atoms with E-state index in [4.69, 9.17) is 16.3 Å². The van der Waals surface area contributed by atoms with Crippen LogP contribution < -0.4 is 4.74 Å². The highest BCUT2D eigenvalue weighted by molar-refractivity contribution is 9.10. The average Bonchev–Trinajstić information content (AvgIpc) is 2.87. The highest BCUT2D eigenvalue weighted by atomic mass is 79.9. The Hall–Kier alpha value is -2.11. The van der Waals surface area contributed by atoms with Crippen LogP contribution in [0.15, 0.2) is 53.1 Å². The number of carbonyl (C=O) groups excluding carboxylic acids is 1. The molecule has 0 N–H and O–H groups in total. The molecule has 0 saturated heterocycles. The third-order valence-electron chi connectivity index (χ3n) is 3.35. The number of hydrogen-bond acceptors (Lipinski definition) is 3. The fraction of sp³-hybridized carbons (Fsp3) is 0.0588. The second kappa shape index (κ2) is 6.56. The standard InChI is InChI=1S/C17H12BrClN2O2/c1-23-15-8-5-11(10-12(15)18)14(22)7-6-13-17(19)20-16-4-2-3-9-21(13)16/h2-10H,1H3/b7-6+. The van der Waals surface area contributed by atoms with E-state index < -0.39 is 0 Å². The van der Waals surface area contributed by atoms with Crippen LogP contribution in [0.4, 0.5) is 0 Å². The van der Waals surface area contributed by atoms with Crippen molar-refractivity contribution in [2.45, 2.75) is 0 Å². The van der Waals surface area contributed by atoms with Crippen LogP contribution in [-0.4, -0.2) is 22.3 Å². The zero-order valence-electron chi connectivity index (χ0n) is 12.2. The van der Waals surface area contributed by atoms with Gasteiger partial charge in [-0.3, -0.25) is 9.20 Å². The molecule has 0 radical (unpaired) electrons. The molecular weight excluding hydrogens is 380 g/mol. The number of carbonyl (C=O) groups is 1. The molecule has 0 fully saturated rings. The lowest BCUT2D eigenvalue weighted by Crippen LogP contribution is -1.96. The molecule has 0 spiro atoms. The molecular formula is C17H12BrClN2O2. The van der Waals surface area contributed by atoms with E-state index in [2.05, 4.69) is 20.9 Å². The summed E-state index contributed by atoms with van der Waals surface area (Å²) in [7, 11) is 1.58. The lowest BCUT2D eigenvalue weighted by molar-refractivity contribution is 0.104. The van der Waals surface area contributed by atoms with Crippen LogP contribution in [0, 0.1) is 0 Å². The molecule has 1 aromatic carbocycles. The Morgan fingerprint density at radius 3 is 2.91 bits per heavy atom. The fourth-order valence-electron chi connectivity index (χ4n) is 2.21. The Kier molecular flexibility index (Phi) is 4.50. The van der Waals surface area contributed by atoms with E-state index in [1.54, 1.807) is 31.4 Å². The number of nitrogens with zero attached hydrogens (tertiary/aromatic N) is 2. The van der Waals surface area contributed by atoms with E-state index in [9.17, 15) is 4.79 Å². The second-order valence-electron chi connectivity index (χ2n) is 4.76. The summed E-state index contributed by atoms with van der Waals surface area (Å²) < 4.78 is 7.72. The number of halogens is 2. The summed E-state index contributed by atoms with van der Waals surface area (Å²) in [5.74, 6) is 0.547. The number of benzene rings is 1. The third-order valence-corrected chi connectivity index (χ3v) is 4.25. The van der Waals surface area contributed by atoms with Crippen molar-refractivity contribution in [2.75, 3.05) is 7.11 Å². The van der Waals surface area contributed by atoms with Crippen molar-refractivity contribution >= 4 is 45.0 Å². The number of methoxy groups -OCH3 is 1. The molecule has 0 aliphatic carbocycles. The van der Waals surface area contributed by atoms with Crippen LogP contribution >= 0.6 is 27.5 Å². The third kappa shape index (κ3) is 3.16. The van der Waals surface area contributed by atoms with E-state index in [0.717, 1.165) is 10.1 Å². The zero-order chi connectivity index (χ0) is 16.4. The van der Waals surface area contributed by atoms with Gasteiger partial charge in [-0.05, 0) is 58.4 Å². The predicted molar refractivity (Wildman–Crippen MR) is 94.3 cm³/mol. The largest absolute Gasteiger partial charge is 0.496 e. The van der Waals surface area contributed by atoms with Gasteiger partial charge in [0.05, 0.1) is 17.3 Å². The Balaban J connectivity index is 1.91. The zero-order valence-corrected chi connectivity index (χ0v) is 14.5. The molecule has 0 atom stereocenters. The molecule has 0 aliphatic heterocycles. The second-order valence-corrected chi connectivity index (χ2v) is 5.98. The predicted octanol–water partition coefficient (Wildman–Crippen LogP) is 4.65. The molecule has 0 saturated carbocycles. The summed E-state index contributed by atoms with van der Waals surface area (Å²) in [6, 6.07) is 10.8. The molecule has 23 heavy (non-hydrogen) atoms. The van der Waals surface area contributed by atoms with Gasteiger partial charge in [-0.15, -0.1) is 0 Å². The maximum absolute atomic E-state index is 12.3. The molecule has 3 aromatic rings. The van der Waals surface area contributed by atoms with Gasteiger partial charge in [0.25, 0.3) is 0 Å². The van der Waals surface area contributed by atoms with Crippen molar-refractivity contribution in [3.8, 4) is 5.75 Å². The first-order valence-electron chi connectivity index (χ1n) is 6.78. The van der Waals surface area contributed by atoms with Crippen molar-refractivity contribution < 1.29 is 9.53 Å². The van der Waals surface area contributed by atoms with Gasteiger partial charge in [-0.2, -0.15) is 0 Å². The minimum Gasteiger partial charge on any atom is -0.496 e. The molecule has 0 bridgehead atoms. The quantitative estimate of drug-likeness (QED) is 0.480. The first kappa shape index (κ1) is 15.8. The molecule has 6 heteroatoms. The summed E-state index contributed by atoms with van der Waals surface area (Å²) in [5, 5.41) is 0.358. The number of rotatable bonds is 4. The molecule has 4 nitrogen and oxygen atoms in total. The Bertz CT molecular complexity index is 918. The summed E-state index contributed by atoms with van der Waals surface area (Å²) in [5.41, 5.74) is 1.96. The number of hydrogen-bond donors (Lipinski definition) is 0. The minimum absolute atomic E-state index is 0.129. The van der Waals surface area contributed by atoms with Crippen molar-refractivity contribution in [1.29, 1.82) is 0 Å². The van der Waals surface area contributed by atoms with Crippen LogP contribution in [0.25, 0.3) is 11.7 Å². The fourth-order valence-corrected chi connectivity index (χ4v) is 2.99. The Labute approximate surface area is 146 Å².